The predicted molar refractivity (Wildman–Crippen MR) is 96.5 cm³/mol. The molecule has 0 fully saturated rings. The van der Waals surface area contributed by atoms with Crippen LogP contribution in [0.25, 0.3) is 11.0 Å². The molecule has 0 aliphatic heterocycles. The van der Waals surface area contributed by atoms with Crippen molar-refractivity contribution in [3.8, 4) is 5.75 Å². The molecule has 1 aromatic heterocycles. The van der Waals surface area contributed by atoms with Gasteiger partial charge in [-0.05, 0) is 36.8 Å². The number of hydrazone groups is 1. The van der Waals surface area contributed by atoms with Crippen LogP contribution in [0.15, 0.2) is 53.6 Å². The normalized spacial score (nSPS) is 11.0. The molecule has 0 aliphatic carbocycles. The molecular weight excluding hydrogens is 316 g/mol. The van der Waals surface area contributed by atoms with Crippen molar-refractivity contribution in [3.63, 3.8) is 0 Å². The first-order valence-electron chi connectivity index (χ1n) is 7.86. The smallest absolute Gasteiger partial charge is 0.236 e. The Kier molecular flexibility index (Phi) is 4.99. The van der Waals surface area contributed by atoms with Gasteiger partial charge in [0.15, 0.2) is 0 Å². The molecule has 0 atom stereocenters. The lowest BCUT2D eigenvalue weighted by Gasteiger charge is -2.09. The van der Waals surface area contributed by atoms with Crippen molar-refractivity contribution in [1.82, 2.24) is 15.4 Å². The molecule has 0 saturated carbocycles. The number of carbonyl (C=O) groups is 1. The summed E-state index contributed by atoms with van der Waals surface area (Å²) in [5.41, 5.74) is 6.57. The zero-order valence-corrected chi connectivity index (χ0v) is 14.1. The minimum Gasteiger partial charge on any atom is -0.487 e. The third kappa shape index (κ3) is 4.38. The van der Waals surface area contributed by atoms with E-state index in [0.717, 1.165) is 28.0 Å². The first kappa shape index (κ1) is 16.6. The van der Waals surface area contributed by atoms with Crippen molar-refractivity contribution in [2.24, 2.45) is 5.10 Å². The summed E-state index contributed by atoms with van der Waals surface area (Å²) in [6.07, 6.45) is 1.56. The standard InChI is InChI=1S/C19H18N4O2/c1-13-19(22-18-9-4-3-8-17(18)21-13)12-25-16-7-5-6-15(10-16)11-20-23-14(2)24/h3-11H,12H2,1-2H3,(H,23,24)/b20-11+. The van der Waals surface area contributed by atoms with Gasteiger partial charge in [-0.2, -0.15) is 5.10 Å². The molecule has 1 heterocycles. The fourth-order valence-corrected chi connectivity index (χ4v) is 2.30. The molecule has 1 N–H and O–H groups in total. The summed E-state index contributed by atoms with van der Waals surface area (Å²) in [6.45, 7) is 3.66. The molecular formula is C19H18N4O2. The maximum Gasteiger partial charge on any atom is 0.236 e. The van der Waals surface area contributed by atoms with Crippen LogP contribution in [0.4, 0.5) is 0 Å². The molecule has 0 aliphatic rings. The number of nitrogens with one attached hydrogen (secondary N) is 1. The molecule has 3 rings (SSSR count). The number of fused-ring (bicyclic) bond motifs is 1. The third-order valence-corrected chi connectivity index (χ3v) is 3.51. The molecule has 6 heteroatoms. The lowest BCUT2D eigenvalue weighted by molar-refractivity contribution is -0.118. The summed E-state index contributed by atoms with van der Waals surface area (Å²) in [5.74, 6) is 0.482. The minimum atomic E-state index is -0.214. The summed E-state index contributed by atoms with van der Waals surface area (Å²) in [7, 11) is 0. The number of ether oxygens (including phenoxy) is 1. The fourth-order valence-electron chi connectivity index (χ4n) is 2.30. The highest BCUT2D eigenvalue weighted by Gasteiger charge is 2.06. The lowest BCUT2D eigenvalue weighted by atomic mass is 10.2. The van der Waals surface area contributed by atoms with Crippen molar-refractivity contribution < 1.29 is 9.53 Å². The lowest BCUT2D eigenvalue weighted by Crippen LogP contribution is -2.12. The van der Waals surface area contributed by atoms with Crippen LogP contribution in [-0.2, 0) is 11.4 Å². The number of benzene rings is 2. The average Bonchev–Trinajstić information content (AvgIpc) is 2.60. The maximum atomic E-state index is 10.8. The van der Waals surface area contributed by atoms with Crippen LogP contribution >= 0.6 is 0 Å². The van der Waals surface area contributed by atoms with Crippen LogP contribution in [0, 0.1) is 6.92 Å². The van der Waals surface area contributed by atoms with Crippen LogP contribution in [0.2, 0.25) is 0 Å². The third-order valence-electron chi connectivity index (χ3n) is 3.51. The van der Waals surface area contributed by atoms with Gasteiger partial charge < -0.3 is 4.74 Å². The van der Waals surface area contributed by atoms with Crippen molar-refractivity contribution in [3.05, 3.63) is 65.5 Å². The first-order chi connectivity index (χ1) is 12.1. The Balaban J connectivity index is 1.72. The van der Waals surface area contributed by atoms with Crippen LogP contribution in [0.5, 0.6) is 5.75 Å². The van der Waals surface area contributed by atoms with Gasteiger partial charge in [-0.25, -0.2) is 15.4 Å². The number of rotatable bonds is 5. The maximum absolute atomic E-state index is 10.8. The van der Waals surface area contributed by atoms with Crippen molar-refractivity contribution in [2.75, 3.05) is 0 Å². The van der Waals surface area contributed by atoms with Gasteiger partial charge in [0.2, 0.25) is 5.91 Å². The van der Waals surface area contributed by atoms with E-state index in [1.54, 1.807) is 6.21 Å². The fraction of sp³-hybridized carbons (Fsp3) is 0.158. The van der Waals surface area contributed by atoms with Crippen molar-refractivity contribution in [2.45, 2.75) is 20.5 Å². The highest BCUT2D eigenvalue weighted by atomic mass is 16.5. The molecule has 0 unspecified atom stereocenters. The van der Waals surface area contributed by atoms with Gasteiger partial charge in [-0.15, -0.1) is 0 Å². The van der Waals surface area contributed by atoms with Gasteiger partial charge in [0.25, 0.3) is 0 Å². The number of hydrogen-bond acceptors (Lipinski definition) is 5. The SMILES string of the molecule is CC(=O)N/N=C/c1cccc(OCc2nc3ccccc3nc2C)c1. The Labute approximate surface area is 145 Å². The molecule has 3 aromatic rings. The topological polar surface area (TPSA) is 76.5 Å². The molecule has 0 bridgehead atoms. The molecule has 6 nitrogen and oxygen atoms in total. The van der Waals surface area contributed by atoms with Crippen LogP contribution in [0.1, 0.15) is 23.9 Å². The molecule has 25 heavy (non-hydrogen) atoms. The first-order valence-corrected chi connectivity index (χ1v) is 7.86. The largest absolute Gasteiger partial charge is 0.487 e. The highest BCUT2D eigenvalue weighted by Crippen LogP contribution is 2.16. The predicted octanol–water partition coefficient (Wildman–Crippen LogP) is 2.99. The molecule has 2 aromatic carbocycles. The van der Waals surface area contributed by atoms with Crippen LogP contribution in [0.3, 0.4) is 0 Å². The number of nitrogens with zero attached hydrogens (tertiary/aromatic N) is 3. The van der Waals surface area contributed by atoms with E-state index in [9.17, 15) is 4.79 Å². The summed E-state index contributed by atoms with van der Waals surface area (Å²) in [4.78, 5) is 20.0. The number of amides is 1. The van der Waals surface area contributed by atoms with E-state index in [4.69, 9.17) is 4.74 Å². The van der Waals surface area contributed by atoms with Gasteiger partial charge in [-0.1, -0.05) is 24.3 Å². The van der Waals surface area contributed by atoms with Gasteiger partial charge >= 0.3 is 0 Å². The minimum absolute atomic E-state index is 0.214. The van der Waals surface area contributed by atoms with Gasteiger partial charge in [-0.3, -0.25) is 4.79 Å². The van der Waals surface area contributed by atoms with Gasteiger partial charge in [0.1, 0.15) is 12.4 Å². The second-order valence-corrected chi connectivity index (χ2v) is 5.53. The summed E-state index contributed by atoms with van der Waals surface area (Å²) >= 11 is 0. The molecule has 126 valence electrons. The zero-order valence-electron chi connectivity index (χ0n) is 14.1. The monoisotopic (exact) mass is 334 g/mol. The van der Waals surface area contributed by atoms with E-state index in [-0.39, 0.29) is 5.91 Å². The number of hydrogen-bond donors (Lipinski definition) is 1. The number of aromatic nitrogens is 2. The Bertz CT molecular complexity index is 938. The zero-order chi connectivity index (χ0) is 17.6. The second kappa shape index (κ2) is 7.53. The highest BCUT2D eigenvalue weighted by molar-refractivity contribution is 5.82. The molecule has 0 radical (unpaired) electrons. The molecule has 0 saturated heterocycles. The van der Waals surface area contributed by atoms with E-state index >= 15 is 0 Å². The second-order valence-electron chi connectivity index (χ2n) is 5.53. The summed E-state index contributed by atoms with van der Waals surface area (Å²) < 4.78 is 5.84. The Morgan fingerprint density at radius 1 is 1.16 bits per heavy atom. The van der Waals surface area contributed by atoms with E-state index in [2.05, 4.69) is 20.5 Å². The number of aryl methyl sites for hydroxylation is 1. The quantitative estimate of drug-likeness (QED) is 0.575. The van der Waals surface area contributed by atoms with E-state index in [1.807, 2.05) is 55.5 Å². The number of para-hydroxylation sites is 2. The number of carbonyl (C=O) groups excluding carboxylic acids is 1. The van der Waals surface area contributed by atoms with E-state index in [0.29, 0.717) is 12.4 Å². The van der Waals surface area contributed by atoms with Crippen LogP contribution in [-0.4, -0.2) is 22.1 Å². The van der Waals surface area contributed by atoms with Crippen LogP contribution < -0.4 is 10.2 Å². The Morgan fingerprint density at radius 3 is 2.68 bits per heavy atom. The Morgan fingerprint density at radius 2 is 1.92 bits per heavy atom. The summed E-state index contributed by atoms with van der Waals surface area (Å²) in [6, 6.07) is 15.2. The summed E-state index contributed by atoms with van der Waals surface area (Å²) in [5, 5.41) is 3.85. The van der Waals surface area contributed by atoms with Crippen molar-refractivity contribution >= 4 is 23.2 Å². The van der Waals surface area contributed by atoms with Crippen molar-refractivity contribution in [1.29, 1.82) is 0 Å². The van der Waals surface area contributed by atoms with E-state index < -0.39 is 0 Å². The average molecular weight is 334 g/mol. The van der Waals surface area contributed by atoms with Gasteiger partial charge in [0, 0.05) is 6.92 Å². The molecule has 1 amide bonds. The molecule has 0 spiro atoms. The van der Waals surface area contributed by atoms with Gasteiger partial charge in [0.05, 0.1) is 28.6 Å². The van der Waals surface area contributed by atoms with E-state index in [1.165, 1.54) is 6.92 Å². The Hall–Kier alpha value is -3.28.